The van der Waals surface area contributed by atoms with Crippen molar-refractivity contribution in [3.05, 3.63) is 59.1 Å². The minimum absolute atomic E-state index is 0.0831. The third-order valence-electron chi connectivity index (χ3n) is 4.61. The first-order valence-corrected chi connectivity index (χ1v) is 11.5. The summed E-state index contributed by atoms with van der Waals surface area (Å²) >= 11 is 3.47. The summed E-state index contributed by atoms with van der Waals surface area (Å²) < 4.78 is 11.1. The maximum Gasteiger partial charge on any atom is 0.224 e. The van der Waals surface area contributed by atoms with Crippen LogP contribution in [0.4, 0.5) is 5.69 Å². The minimum atomic E-state index is 0.0831. The number of hydrogen-bond acceptors (Lipinski definition) is 6. The van der Waals surface area contributed by atoms with Crippen molar-refractivity contribution >= 4 is 34.7 Å². The Labute approximate surface area is 178 Å². The molecule has 0 spiro atoms. The summed E-state index contributed by atoms with van der Waals surface area (Å²) in [6, 6.07) is 13.8. The lowest BCUT2D eigenvalue weighted by Crippen LogP contribution is -2.18. The number of fused-ring (bicyclic) bond motifs is 1. The van der Waals surface area contributed by atoms with E-state index in [9.17, 15) is 4.79 Å². The molecule has 0 bridgehead atoms. The normalized spacial score (nSPS) is 12.9. The van der Waals surface area contributed by atoms with E-state index in [1.165, 1.54) is 0 Å². The molecule has 0 fully saturated rings. The number of anilines is 1. The van der Waals surface area contributed by atoms with E-state index >= 15 is 0 Å². The SMILES string of the molecule is COc1ccc(-c2nc(CSCCOc3ccc4c(c3)CCC(=O)N4)cs2)cc1. The first kappa shape index (κ1) is 19.8. The van der Waals surface area contributed by atoms with Crippen molar-refractivity contribution in [2.45, 2.75) is 18.6 Å². The standard InChI is InChI=1S/C22H22N2O3S2/c1-26-18-5-2-15(3-6-18)22-23-17(14-29-22)13-28-11-10-27-19-7-8-20-16(12-19)4-9-21(25)24-20/h2-3,5-8,12,14H,4,9-11,13H2,1H3,(H,24,25). The van der Waals surface area contributed by atoms with Gasteiger partial charge in [-0.1, -0.05) is 0 Å². The van der Waals surface area contributed by atoms with E-state index in [4.69, 9.17) is 14.5 Å². The van der Waals surface area contributed by atoms with Crippen LogP contribution in [0.1, 0.15) is 17.7 Å². The van der Waals surface area contributed by atoms with E-state index in [0.29, 0.717) is 13.0 Å². The average Bonchev–Trinajstić information content (AvgIpc) is 3.22. The van der Waals surface area contributed by atoms with Gasteiger partial charge in [-0.2, -0.15) is 11.8 Å². The number of thiazole rings is 1. The fraction of sp³-hybridized carbons (Fsp3) is 0.273. The summed E-state index contributed by atoms with van der Waals surface area (Å²) in [5.41, 5.74) is 4.25. The average molecular weight is 427 g/mol. The van der Waals surface area contributed by atoms with Crippen LogP contribution in [0.3, 0.4) is 0 Å². The third kappa shape index (κ3) is 5.10. The van der Waals surface area contributed by atoms with Crippen molar-refractivity contribution in [2.75, 3.05) is 24.8 Å². The molecule has 1 amide bonds. The lowest BCUT2D eigenvalue weighted by molar-refractivity contribution is -0.116. The Morgan fingerprint density at radius 3 is 2.79 bits per heavy atom. The van der Waals surface area contributed by atoms with Crippen LogP contribution in [-0.4, -0.2) is 30.4 Å². The third-order valence-corrected chi connectivity index (χ3v) is 6.50. The van der Waals surface area contributed by atoms with Gasteiger partial charge in [-0.25, -0.2) is 4.98 Å². The van der Waals surface area contributed by atoms with Crippen LogP contribution < -0.4 is 14.8 Å². The van der Waals surface area contributed by atoms with Gasteiger partial charge in [-0.05, 0) is 54.4 Å². The van der Waals surface area contributed by atoms with Crippen molar-refractivity contribution in [1.82, 2.24) is 4.98 Å². The van der Waals surface area contributed by atoms with Crippen molar-refractivity contribution in [2.24, 2.45) is 0 Å². The van der Waals surface area contributed by atoms with Gasteiger partial charge >= 0.3 is 0 Å². The van der Waals surface area contributed by atoms with E-state index < -0.39 is 0 Å². The zero-order chi connectivity index (χ0) is 20.1. The van der Waals surface area contributed by atoms with Crippen LogP contribution in [0, 0.1) is 0 Å². The number of methoxy groups -OCH3 is 1. The lowest BCUT2D eigenvalue weighted by Gasteiger charge is -2.17. The smallest absolute Gasteiger partial charge is 0.224 e. The van der Waals surface area contributed by atoms with Crippen molar-refractivity contribution in [3.8, 4) is 22.1 Å². The summed E-state index contributed by atoms with van der Waals surface area (Å²) in [5.74, 6) is 3.55. The van der Waals surface area contributed by atoms with E-state index in [2.05, 4.69) is 10.7 Å². The van der Waals surface area contributed by atoms with E-state index in [-0.39, 0.29) is 5.91 Å². The molecule has 2 aromatic carbocycles. The van der Waals surface area contributed by atoms with Crippen molar-refractivity contribution in [3.63, 3.8) is 0 Å². The van der Waals surface area contributed by atoms with Gasteiger partial charge in [0.25, 0.3) is 0 Å². The highest BCUT2D eigenvalue weighted by molar-refractivity contribution is 7.98. The molecular weight excluding hydrogens is 404 g/mol. The number of amides is 1. The van der Waals surface area contributed by atoms with Crippen LogP contribution in [0.5, 0.6) is 11.5 Å². The zero-order valence-corrected chi connectivity index (χ0v) is 17.8. The molecule has 4 rings (SSSR count). The fourth-order valence-corrected chi connectivity index (χ4v) is 4.72. The number of nitrogens with zero attached hydrogens (tertiary/aromatic N) is 1. The van der Waals surface area contributed by atoms with Gasteiger partial charge in [-0.15, -0.1) is 11.3 Å². The van der Waals surface area contributed by atoms with E-state index in [0.717, 1.165) is 56.9 Å². The number of nitrogens with one attached hydrogen (secondary N) is 1. The van der Waals surface area contributed by atoms with Crippen LogP contribution >= 0.6 is 23.1 Å². The summed E-state index contributed by atoms with van der Waals surface area (Å²) in [6.45, 7) is 0.644. The molecule has 1 aliphatic heterocycles. The molecule has 0 saturated carbocycles. The van der Waals surface area contributed by atoms with E-state index in [1.807, 2.05) is 54.2 Å². The fourth-order valence-electron chi connectivity index (χ4n) is 3.08. The van der Waals surface area contributed by atoms with Crippen LogP contribution in [0.2, 0.25) is 0 Å². The van der Waals surface area contributed by atoms with Gasteiger partial charge in [0.2, 0.25) is 5.91 Å². The molecule has 7 heteroatoms. The molecule has 3 aromatic rings. The van der Waals surface area contributed by atoms with Gasteiger partial charge in [-0.3, -0.25) is 4.79 Å². The Morgan fingerprint density at radius 2 is 1.97 bits per heavy atom. The Morgan fingerprint density at radius 1 is 1.14 bits per heavy atom. The highest BCUT2D eigenvalue weighted by Crippen LogP contribution is 2.28. The second kappa shape index (κ2) is 9.33. The molecule has 0 aliphatic carbocycles. The molecule has 5 nitrogen and oxygen atoms in total. The molecule has 150 valence electrons. The van der Waals surface area contributed by atoms with Gasteiger partial charge < -0.3 is 14.8 Å². The first-order chi connectivity index (χ1) is 14.2. The molecule has 0 saturated heterocycles. The molecule has 2 heterocycles. The largest absolute Gasteiger partial charge is 0.497 e. The predicted molar refractivity (Wildman–Crippen MR) is 119 cm³/mol. The topological polar surface area (TPSA) is 60.5 Å². The lowest BCUT2D eigenvalue weighted by atomic mass is 10.0. The number of aryl methyl sites for hydroxylation is 1. The molecule has 29 heavy (non-hydrogen) atoms. The molecular formula is C22H22N2O3S2. The second-order valence-electron chi connectivity index (χ2n) is 6.64. The Balaban J connectivity index is 1.22. The molecule has 1 N–H and O–H groups in total. The predicted octanol–water partition coefficient (Wildman–Crippen LogP) is 5.02. The maximum atomic E-state index is 11.4. The Hall–Kier alpha value is -2.51. The van der Waals surface area contributed by atoms with Crippen LogP contribution in [-0.2, 0) is 17.0 Å². The number of benzene rings is 2. The van der Waals surface area contributed by atoms with E-state index in [1.54, 1.807) is 18.4 Å². The zero-order valence-electron chi connectivity index (χ0n) is 16.1. The highest BCUT2D eigenvalue weighted by Gasteiger charge is 2.15. The number of thioether (sulfide) groups is 1. The van der Waals surface area contributed by atoms with Gasteiger partial charge in [0.05, 0.1) is 19.4 Å². The number of aromatic nitrogens is 1. The summed E-state index contributed by atoms with van der Waals surface area (Å²) in [5, 5.41) is 6.03. The Kier molecular flexibility index (Phi) is 6.36. The van der Waals surface area contributed by atoms with Gasteiger partial charge in [0, 0.05) is 34.6 Å². The summed E-state index contributed by atoms with van der Waals surface area (Å²) in [4.78, 5) is 16.2. The Bertz CT molecular complexity index is 986. The summed E-state index contributed by atoms with van der Waals surface area (Å²) in [6.07, 6.45) is 1.31. The highest BCUT2D eigenvalue weighted by atomic mass is 32.2. The molecule has 0 atom stereocenters. The molecule has 1 aromatic heterocycles. The number of carbonyl (C=O) groups is 1. The van der Waals surface area contributed by atoms with Crippen molar-refractivity contribution in [1.29, 1.82) is 0 Å². The molecule has 1 aliphatic rings. The number of ether oxygens (including phenoxy) is 2. The first-order valence-electron chi connectivity index (χ1n) is 9.43. The number of hydrogen-bond donors (Lipinski definition) is 1. The number of carbonyl (C=O) groups excluding carboxylic acids is 1. The summed E-state index contributed by atoms with van der Waals surface area (Å²) in [7, 11) is 1.67. The van der Waals surface area contributed by atoms with Crippen LogP contribution in [0.15, 0.2) is 47.8 Å². The van der Waals surface area contributed by atoms with Gasteiger partial charge in [0.15, 0.2) is 0 Å². The van der Waals surface area contributed by atoms with Gasteiger partial charge in [0.1, 0.15) is 16.5 Å². The maximum absolute atomic E-state index is 11.4. The van der Waals surface area contributed by atoms with Crippen molar-refractivity contribution < 1.29 is 14.3 Å². The minimum Gasteiger partial charge on any atom is -0.497 e. The number of rotatable bonds is 8. The molecule has 0 radical (unpaired) electrons. The monoisotopic (exact) mass is 426 g/mol. The molecule has 0 unspecified atom stereocenters. The second-order valence-corrected chi connectivity index (χ2v) is 8.60. The quantitative estimate of drug-likeness (QED) is 0.513. The van der Waals surface area contributed by atoms with Crippen LogP contribution in [0.25, 0.3) is 10.6 Å².